The number of hydrogen-bond donors (Lipinski definition) is 1. The van der Waals surface area contributed by atoms with Crippen LogP contribution in [-0.4, -0.2) is 56.2 Å². The van der Waals surface area contributed by atoms with Gasteiger partial charge in [0.1, 0.15) is 37.4 Å². The first-order valence-corrected chi connectivity index (χ1v) is 11.8. The van der Waals surface area contributed by atoms with Gasteiger partial charge in [-0.05, 0) is 40.2 Å². The third kappa shape index (κ3) is 9.07. The maximum Gasteiger partial charge on any atom is 0.126 e. The molecule has 0 amide bonds. The van der Waals surface area contributed by atoms with Crippen LogP contribution < -0.4 is 4.74 Å². The molecule has 1 atom stereocenters. The molecule has 33 heavy (non-hydrogen) atoms. The molecule has 0 spiro atoms. The Hall–Kier alpha value is -1.95. The molecule has 1 N–H and O–H groups in total. The molecule has 5 heteroatoms. The second-order valence-corrected chi connectivity index (χ2v) is 11.7. The number of aliphatic hydroxyl groups excluding tert-OH is 1. The maximum absolute atomic E-state index is 13.1. The molecule has 0 saturated heterocycles. The number of ether oxygens (including phenoxy) is 2. The van der Waals surface area contributed by atoms with Crippen molar-refractivity contribution in [3.8, 4) is 5.75 Å². The van der Waals surface area contributed by atoms with Crippen molar-refractivity contribution in [1.29, 1.82) is 0 Å². The molecule has 2 aromatic carbocycles. The van der Waals surface area contributed by atoms with Crippen LogP contribution in [0.3, 0.4) is 0 Å². The zero-order chi connectivity index (χ0) is 24.9. The fourth-order valence-electron chi connectivity index (χ4n) is 3.91. The predicted octanol–water partition coefficient (Wildman–Crippen LogP) is 5.45. The molecule has 0 aliphatic heterocycles. The Bertz CT molecular complexity index is 879. The van der Waals surface area contributed by atoms with E-state index in [1.165, 1.54) is 23.3 Å². The molecule has 184 valence electrons. The average Bonchev–Trinajstić information content (AvgIpc) is 2.67. The van der Waals surface area contributed by atoms with E-state index in [2.05, 4.69) is 59.7 Å². The summed E-state index contributed by atoms with van der Waals surface area (Å²) in [6, 6.07) is 13.0. The van der Waals surface area contributed by atoms with E-state index in [1.54, 1.807) is 12.1 Å². The van der Waals surface area contributed by atoms with Crippen molar-refractivity contribution in [3.63, 3.8) is 0 Å². The number of hydrogen-bond acceptors (Lipinski definition) is 3. The van der Waals surface area contributed by atoms with Gasteiger partial charge >= 0.3 is 0 Å². The quantitative estimate of drug-likeness (QED) is 0.378. The molecule has 0 aliphatic carbocycles. The van der Waals surface area contributed by atoms with Crippen LogP contribution in [-0.2, 0) is 22.1 Å². The SMILES string of the molecule is CC(C)(C)c1ccc(OCCOC[C@H](O)C[N+](C)(C)Cc2ccc(F)cc2)c(C(C)(C)C)c1. The minimum atomic E-state index is -0.586. The van der Waals surface area contributed by atoms with Gasteiger partial charge in [-0.25, -0.2) is 4.39 Å². The van der Waals surface area contributed by atoms with E-state index in [0.717, 1.165) is 11.3 Å². The summed E-state index contributed by atoms with van der Waals surface area (Å²) in [7, 11) is 4.09. The molecule has 0 fully saturated rings. The number of rotatable bonds is 10. The summed E-state index contributed by atoms with van der Waals surface area (Å²) in [5, 5.41) is 10.4. The molecule has 0 aromatic heterocycles. The zero-order valence-electron chi connectivity index (χ0n) is 21.7. The Labute approximate surface area is 199 Å². The van der Waals surface area contributed by atoms with Crippen LogP contribution in [0.5, 0.6) is 5.75 Å². The van der Waals surface area contributed by atoms with E-state index in [0.29, 0.717) is 30.8 Å². The van der Waals surface area contributed by atoms with Crippen molar-refractivity contribution in [1.82, 2.24) is 0 Å². The number of benzene rings is 2. The van der Waals surface area contributed by atoms with Gasteiger partial charge in [0.2, 0.25) is 0 Å². The number of quaternary nitrogens is 1. The summed E-state index contributed by atoms with van der Waals surface area (Å²) in [6.45, 7) is 15.6. The molecule has 0 bridgehead atoms. The van der Waals surface area contributed by atoms with Crippen LogP contribution in [0.2, 0.25) is 0 Å². The van der Waals surface area contributed by atoms with Gasteiger partial charge in [-0.15, -0.1) is 0 Å². The lowest BCUT2D eigenvalue weighted by Gasteiger charge is -2.32. The molecular formula is C28H43FNO3+. The van der Waals surface area contributed by atoms with Crippen molar-refractivity contribution in [2.24, 2.45) is 0 Å². The summed E-state index contributed by atoms with van der Waals surface area (Å²) in [4.78, 5) is 0. The normalized spacial score (nSPS) is 13.8. The molecule has 0 heterocycles. The topological polar surface area (TPSA) is 38.7 Å². The van der Waals surface area contributed by atoms with E-state index in [1.807, 2.05) is 14.1 Å². The minimum absolute atomic E-state index is 0.0261. The summed E-state index contributed by atoms with van der Waals surface area (Å²) in [5.41, 5.74) is 3.58. The molecule has 2 rings (SSSR count). The fourth-order valence-corrected chi connectivity index (χ4v) is 3.91. The van der Waals surface area contributed by atoms with Gasteiger partial charge in [-0.2, -0.15) is 0 Å². The Morgan fingerprint density at radius 1 is 0.909 bits per heavy atom. The van der Waals surface area contributed by atoms with Gasteiger partial charge in [0.05, 0.1) is 27.3 Å². The smallest absolute Gasteiger partial charge is 0.126 e. The highest BCUT2D eigenvalue weighted by Crippen LogP contribution is 2.35. The monoisotopic (exact) mass is 460 g/mol. The van der Waals surface area contributed by atoms with Gasteiger partial charge in [0.15, 0.2) is 0 Å². The molecule has 2 aromatic rings. The summed E-state index contributed by atoms with van der Waals surface area (Å²) < 4.78 is 25.5. The van der Waals surface area contributed by atoms with Crippen molar-refractivity contribution in [2.75, 3.05) is 40.5 Å². The highest BCUT2D eigenvalue weighted by Gasteiger charge is 2.24. The number of halogens is 1. The maximum atomic E-state index is 13.1. The fraction of sp³-hybridized carbons (Fsp3) is 0.571. The van der Waals surface area contributed by atoms with E-state index in [9.17, 15) is 9.50 Å². The summed E-state index contributed by atoms with van der Waals surface area (Å²) in [6.07, 6.45) is -0.586. The van der Waals surface area contributed by atoms with Crippen LogP contribution in [0.4, 0.5) is 4.39 Å². The Kier molecular flexibility index (Phi) is 9.09. The van der Waals surface area contributed by atoms with Crippen LogP contribution in [0, 0.1) is 5.82 Å². The second-order valence-electron chi connectivity index (χ2n) is 11.7. The number of aliphatic hydroxyl groups is 1. The first-order chi connectivity index (χ1) is 15.2. The number of nitrogens with zero attached hydrogens (tertiary/aromatic N) is 1. The van der Waals surface area contributed by atoms with E-state index < -0.39 is 6.10 Å². The lowest BCUT2D eigenvalue weighted by molar-refractivity contribution is -0.906. The predicted molar refractivity (Wildman–Crippen MR) is 133 cm³/mol. The van der Waals surface area contributed by atoms with Crippen molar-refractivity contribution in [3.05, 3.63) is 65.0 Å². The van der Waals surface area contributed by atoms with E-state index >= 15 is 0 Å². The largest absolute Gasteiger partial charge is 0.491 e. The first kappa shape index (κ1) is 27.3. The summed E-state index contributed by atoms with van der Waals surface area (Å²) >= 11 is 0. The highest BCUT2D eigenvalue weighted by molar-refractivity contribution is 5.43. The van der Waals surface area contributed by atoms with Gasteiger partial charge in [-0.1, -0.05) is 65.8 Å². The molecule has 4 nitrogen and oxygen atoms in total. The summed E-state index contributed by atoms with van der Waals surface area (Å²) in [5.74, 6) is 0.649. The van der Waals surface area contributed by atoms with Crippen LogP contribution in [0.1, 0.15) is 58.2 Å². The third-order valence-electron chi connectivity index (χ3n) is 5.68. The Morgan fingerprint density at radius 2 is 1.55 bits per heavy atom. The van der Waals surface area contributed by atoms with Gasteiger partial charge in [0.25, 0.3) is 0 Å². The van der Waals surface area contributed by atoms with E-state index in [-0.39, 0.29) is 23.3 Å². The zero-order valence-corrected chi connectivity index (χ0v) is 21.7. The van der Waals surface area contributed by atoms with Crippen molar-refractivity contribution >= 4 is 0 Å². The van der Waals surface area contributed by atoms with E-state index in [4.69, 9.17) is 9.47 Å². The first-order valence-electron chi connectivity index (χ1n) is 11.8. The Balaban J connectivity index is 1.82. The molecule has 0 aliphatic rings. The van der Waals surface area contributed by atoms with Crippen LogP contribution >= 0.6 is 0 Å². The standard InChI is InChI=1S/C28H43FNO3/c1-27(2,3)22-11-14-26(25(17-22)28(4,5)6)33-16-15-32-20-24(31)19-30(7,8)18-21-9-12-23(29)13-10-21/h9-14,17,24,31H,15-16,18-20H2,1-8H3/q+1/t24-/m1/s1. The van der Waals surface area contributed by atoms with Gasteiger partial charge in [-0.3, -0.25) is 0 Å². The lowest BCUT2D eigenvalue weighted by Crippen LogP contribution is -2.46. The lowest BCUT2D eigenvalue weighted by atomic mass is 9.80. The van der Waals surface area contributed by atoms with Gasteiger partial charge < -0.3 is 19.1 Å². The number of likely N-dealkylation sites (N-methyl/N-ethyl adjacent to an activating group) is 1. The van der Waals surface area contributed by atoms with Crippen LogP contribution in [0.15, 0.2) is 42.5 Å². The molecule has 0 radical (unpaired) electrons. The minimum Gasteiger partial charge on any atom is -0.491 e. The molecular weight excluding hydrogens is 417 g/mol. The average molecular weight is 461 g/mol. The Morgan fingerprint density at radius 3 is 2.12 bits per heavy atom. The molecule has 0 saturated carbocycles. The second kappa shape index (κ2) is 11.0. The van der Waals surface area contributed by atoms with Crippen LogP contribution in [0.25, 0.3) is 0 Å². The van der Waals surface area contributed by atoms with Crippen molar-refractivity contribution in [2.45, 2.75) is 65.0 Å². The third-order valence-corrected chi connectivity index (χ3v) is 5.68. The van der Waals surface area contributed by atoms with Gasteiger partial charge in [0, 0.05) is 5.56 Å². The van der Waals surface area contributed by atoms with Crippen molar-refractivity contribution < 1.29 is 23.5 Å². The molecule has 0 unspecified atom stereocenters. The highest BCUT2D eigenvalue weighted by atomic mass is 19.1.